The van der Waals surface area contributed by atoms with Gasteiger partial charge in [0.05, 0.1) is 11.3 Å². The van der Waals surface area contributed by atoms with Crippen molar-refractivity contribution in [2.75, 3.05) is 0 Å². The zero-order chi connectivity index (χ0) is 18.2. The Kier molecular flexibility index (Phi) is 6.46. The predicted molar refractivity (Wildman–Crippen MR) is 95.6 cm³/mol. The normalized spacial score (nSPS) is 11.3. The average molecular weight is 339 g/mol. The quantitative estimate of drug-likeness (QED) is 0.705. The number of allylic oxidation sites excluding steroid dienone is 1. The Morgan fingerprint density at radius 2 is 1.72 bits per heavy atom. The summed E-state index contributed by atoms with van der Waals surface area (Å²) in [5.41, 5.74) is 3.95. The topological polar surface area (TPSA) is 87.5 Å². The summed E-state index contributed by atoms with van der Waals surface area (Å²) in [7, 11) is 0. The molecule has 5 nitrogen and oxygen atoms in total. The lowest BCUT2D eigenvalue weighted by Gasteiger charge is -2.11. The summed E-state index contributed by atoms with van der Waals surface area (Å²) in [4.78, 5) is 26.1. The van der Waals surface area contributed by atoms with E-state index >= 15 is 0 Å². The smallest absolute Gasteiger partial charge is 0.335 e. The van der Waals surface area contributed by atoms with Gasteiger partial charge in [0.15, 0.2) is 0 Å². The molecule has 0 spiro atoms. The highest BCUT2D eigenvalue weighted by molar-refractivity contribution is 5.88. The SMILES string of the molecule is Cc1cccnc1/C(=C/CCCCC(=O)O)c1ccc(C(=O)O)cc1. The van der Waals surface area contributed by atoms with Crippen LogP contribution in [0.5, 0.6) is 0 Å². The second-order valence-corrected chi connectivity index (χ2v) is 5.81. The number of hydrogen-bond donors (Lipinski definition) is 2. The van der Waals surface area contributed by atoms with E-state index in [9.17, 15) is 9.59 Å². The highest BCUT2D eigenvalue weighted by Crippen LogP contribution is 2.26. The number of benzene rings is 1. The Hall–Kier alpha value is -2.95. The molecule has 5 heteroatoms. The Morgan fingerprint density at radius 1 is 1.04 bits per heavy atom. The lowest BCUT2D eigenvalue weighted by molar-refractivity contribution is -0.137. The zero-order valence-corrected chi connectivity index (χ0v) is 14.1. The van der Waals surface area contributed by atoms with Gasteiger partial charge in [0, 0.05) is 18.2 Å². The van der Waals surface area contributed by atoms with Crippen LogP contribution in [0.3, 0.4) is 0 Å². The van der Waals surface area contributed by atoms with Gasteiger partial charge >= 0.3 is 11.9 Å². The maximum atomic E-state index is 11.0. The summed E-state index contributed by atoms with van der Waals surface area (Å²) >= 11 is 0. The molecule has 1 heterocycles. The van der Waals surface area contributed by atoms with Crippen LogP contribution in [0.1, 0.15) is 52.9 Å². The number of carbonyl (C=O) groups is 2. The molecule has 1 aromatic heterocycles. The summed E-state index contributed by atoms with van der Waals surface area (Å²) in [6.07, 6.45) is 6.07. The molecule has 0 saturated heterocycles. The number of nitrogens with zero attached hydrogens (tertiary/aromatic N) is 1. The summed E-state index contributed by atoms with van der Waals surface area (Å²) in [6, 6.07) is 10.6. The molecule has 0 saturated carbocycles. The molecule has 130 valence electrons. The fourth-order valence-corrected chi connectivity index (χ4v) is 2.58. The van der Waals surface area contributed by atoms with Gasteiger partial charge in [-0.1, -0.05) is 24.3 Å². The number of unbranched alkanes of at least 4 members (excludes halogenated alkanes) is 2. The number of aryl methyl sites for hydroxylation is 1. The first kappa shape index (κ1) is 18.4. The van der Waals surface area contributed by atoms with Gasteiger partial charge in [-0.2, -0.15) is 0 Å². The van der Waals surface area contributed by atoms with E-state index in [0.717, 1.165) is 35.2 Å². The molecule has 0 bridgehead atoms. The molecule has 0 unspecified atom stereocenters. The van der Waals surface area contributed by atoms with Crippen LogP contribution < -0.4 is 0 Å². The zero-order valence-electron chi connectivity index (χ0n) is 14.1. The van der Waals surface area contributed by atoms with Crippen molar-refractivity contribution >= 4 is 17.5 Å². The average Bonchev–Trinajstić information content (AvgIpc) is 2.59. The van der Waals surface area contributed by atoms with Crippen molar-refractivity contribution in [3.63, 3.8) is 0 Å². The minimum absolute atomic E-state index is 0.166. The Labute approximate surface area is 146 Å². The van der Waals surface area contributed by atoms with Crippen LogP contribution in [-0.4, -0.2) is 27.1 Å². The van der Waals surface area contributed by atoms with Crippen molar-refractivity contribution in [2.45, 2.75) is 32.6 Å². The number of carboxylic acid groups (broad SMARTS) is 2. The summed E-state index contributed by atoms with van der Waals surface area (Å²) < 4.78 is 0. The Bertz CT molecular complexity index is 779. The first-order chi connectivity index (χ1) is 12.0. The second-order valence-electron chi connectivity index (χ2n) is 5.81. The van der Waals surface area contributed by atoms with E-state index in [1.165, 1.54) is 0 Å². The van der Waals surface area contributed by atoms with Crippen molar-refractivity contribution in [3.05, 3.63) is 71.1 Å². The van der Waals surface area contributed by atoms with Crippen LogP contribution in [0.15, 0.2) is 48.7 Å². The van der Waals surface area contributed by atoms with Crippen molar-refractivity contribution in [1.82, 2.24) is 4.98 Å². The van der Waals surface area contributed by atoms with Crippen molar-refractivity contribution in [1.29, 1.82) is 0 Å². The van der Waals surface area contributed by atoms with E-state index in [2.05, 4.69) is 4.98 Å². The molecule has 0 aliphatic carbocycles. The molecule has 25 heavy (non-hydrogen) atoms. The standard InChI is InChI=1S/C20H21NO4/c1-14-6-5-13-21-19(14)17(7-3-2-4-8-18(22)23)15-9-11-16(12-10-15)20(24)25/h5-7,9-13H,2-4,8H2,1H3,(H,22,23)(H,24,25)/b17-7+. The van der Waals surface area contributed by atoms with Crippen LogP contribution in [0, 0.1) is 6.92 Å². The maximum absolute atomic E-state index is 11.0. The van der Waals surface area contributed by atoms with Crippen LogP contribution >= 0.6 is 0 Å². The third kappa shape index (κ3) is 5.28. The Balaban J connectivity index is 2.27. The molecule has 0 radical (unpaired) electrons. The molecule has 0 aliphatic rings. The van der Waals surface area contributed by atoms with Crippen molar-refractivity contribution in [2.24, 2.45) is 0 Å². The molecule has 0 amide bonds. The first-order valence-electron chi connectivity index (χ1n) is 8.16. The monoisotopic (exact) mass is 339 g/mol. The van der Waals surface area contributed by atoms with Crippen LogP contribution in [-0.2, 0) is 4.79 Å². The summed E-state index contributed by atoms with van der Waals surface area (Å²) in [5.74, 6) is -1.74. The van der Waals surface area contributed by atoms with Gasteiger partial charge in [-0.05, 0) is 55.5 Å². The summed E-state index contributed by atoms with van der Waals surface area (Å²) in [5, 5.41) is 17.8. The molecule has 0 aliphatic heterocycles. The molecule has 0 atom stereocenters. The lowest BCUT2D eigenvalue weighted by Crippen LogP contribution is -1.99. The third-order valence-corrected chi connectivity index (χ3v) is 3.90. The molecule has 2 aromatic rings. The van der Waals surface area contributed by atoms with Crippen LogP contribution in [0.4, 0.5) is 0 Å². The van der Waals surface area contributed by atoms with Gasteiger partial charge in [0.2, 0.25) is 0 Å². The van der Waals surface area contributed by atoms with Gasteiger partial charge in [0.25, 0.3) is 0 Å². The van der Waals surface area contributed by atoms with E-state index in [4.69, 9.17) is 10.2 Å². The van der Waals surface area contributed by atoms with Gasteiger partial charge in [0.1, 0.15) is 0 Å². The molecule has 1 aromatic carbocycles. The van der Waals surface area contributed by atoms with Gasteiger partial charge in [-0.3, -0.25) is 9.78 Å². The molecule has 2 rings (SSSR count). The molecule has 2 N–H and O–H groups in total. The number of aliphatic carboxylic acids is 1. The lowest BCUT2D eigenvalue weighted by atomic mass is 9.96. The fraction of sp³-hybridized carbons (Fsp3) is 0.250. The Morgan fingerprint density at radius 3 is 2.32 bits per heavy atom. The molecular formula is C20H21NO4. The first-order valence-corrected chi connectivity index (χ1v) is 8.16. The second kappa shape index (κ2) is 8.78. The predicted octanol–water partition coefficient (Wildman–Crippen LogP) is 4.16. The van der Waals surface area contributed by atoms with Gasteiger partial charge < -0.3 is 10.2 Å². The summed E-state index contributed by atoms with van der Waals surface area (Å²) in [6.45, 7) is 1.98. The van der Waals surface area contributed by atoms with E-state index in [1.54, 1.807) is 30.5 Å². The van der Waals surface area contributed by atoms with E-state index in [0.29, 0.717) is 6.42 Å². The molecule has 0 fully saturated rings. The number of aromatic carboxylic acids is 1. The van der Waals surface area contributed by atoms with Crippen molar-refractivity contribution in [3.8, 4) is 0 Å². The number of aromatic nitrogens is 1. The number of rotatable bonds is 8. The number of hydrogen-bond acceptors (Lipinski definition) is 3. The minimum Gasteiger partial charge on any atom is -0.481 e. The van der Waals surface area contributed by atoms with Crippen LogP contribution in [0.2, 0.25) is 0 Å². The molecular weight excluding hydrogens is 318 g/mol. The van der Waals surface area contributed by atoms with Gasteiger partial charge in [-0.25, -0.2) is 4.79 Å². The van der Waals surface area contributed by atoms with E-state index in [1.807, 2.05) is 25.1 Å². The fourth-order valence-electron chi connectivity index (χ4n) is 2.58. The third-order valence-electron chi connectivity index (χ3n) is 3.90. The van der Waals surface area contributed by atoms with Gasteiger partial charge in [-0.15, -0.1) is 0 Å². The van der Waals surface area contributed by atoms with Crippen molar-refractivity contribution < 1.29 is 19.8 Å². The maximum Gasteiger partial charge on any atom is 0.335 e. The number of pyridine rings is 1. The highest BCUT2D eigenvalue weighted by Gasteiger charge is 2.10. The van der Waals surface area contributed by atoms with E-state index in [-0.39, 0.29) is 12.0 Å². The highest BCUT2D eigenvalue weighted by atomic mass is 16.4. The minimum atomic E-state index is -0.959. The van der Waals surface area contributed by atoms with E-state index < -0.39 is 11.9 Å². The number of carboxylic acids is 2. The largest absolute Gasteiger partial charge is 0.481 e. The van der Waals surface area contributed by atoms with Crippen LogP contribution in [0.25, 0.3) is 5.57 Å².